The second-order valence-corrected chi connectivity index (χ2v) is 14.9. The molecule has 4 heterocycles. The summed E-state index contributed by atoms with van der Waals surface area (Å²) in [6, 6.07) is 6.45. The molecule has 11 heteroatoms. The Balaban J connectivity index is 1.41. The van der Waals surface area contributed by atoms with E-state index in [1.54, 1.807) is 6.07 Å². The Bertz CT molecular complexity index is 1850. The van der Waals surface area contributed by atoms with E-state index in [9.17, 15) is 14.0 Å². The van der Waals surface area contributed by atoms with Crippen LogP contribution in [0.1, 0.15) is 76.0 Å². The molecule has 2 saturated heterocycles. The Hall–Kier alpha value is -3.13. The summed E-state index contributed by atoms with van der Waals surface area (Å²) in [5.41, 5.74) is 6.76. The van der Waals surface area contributed by atoms with Gasteiger partial charge in [0.15, 0.2) is 5.82 Å². The first-order valence-electron chi connectivity index (χ1n) is 15.7. The van der Waals surface area contributed by atoms with Gasteiger partial charge in [-0.25, -0.2) is 13.2 Å². The van der Waals surface area contributed by atoms with Crippen molar-refractivity contribution in [2.24, 2.45) is 11.8 Å². The summed E-state index contributed by atoms with van der Waals surface area (Å²) in [7, 11) is 0. The van der Waals surface area contributed by atoms with Crippen LogP contribution in [0, 0.1) is 34.8 Å². The van der Waals surface area contributed by atoms with E-state index in [1.165, 1.54) is 12.1 Å². The van der Waals surface area contributed by atoms with Gasteiger partial charge >= 0.3 is 6.01 Å². The number of hydrogen-bond acceptors (Lipinski definition) is 7. The molecule has 3 fully saturated rings. The molecule has 236 valence electrons. The molecule has 4 aromatic rings. The van der Waals surface area contributed by atoms with E-state index in [2.05, 4.69) is 23.7 Å². The zero-order valence-corrected chi connectivity index (χ0v) is 26.9. The number of nitrogen functional groups attached to an aromatic ring is 1. The predicted molar refractivity (Wildman–Crippen MR) is 172 cm³/mol. The molecule has 1 saturated carbocycles. The van der Waals surface area contributed by atoms with Crippen LogP contribution in [0.15, 0.2) is 18.2 Å². The Labute approximate surface area is 269 Å². The number of nitrogens with zero attached hydrogens (tertiary/aromatic N) is 4. The SMILES string of the molecule is C[C@@H]1CC[C@H](C)CC(c2nc(OC[C@@]34CCCN3C[C@H](F)C4)nc3c(F)c(-c4ccc(F)c5sc(N)c(C#N)c45)c(Cl)cc23)C1. The van der Waals surface area contributed by atoms with Crippen LogP contribution in [-0.2, 0) is 0 Å². The van der Waals surface area contributed by atoms with Crippen LogP contribution in [0.25, 0.3) is 32.1 Å². The van der Waals surface area contributed by atoms with Gasteiger partial charge in [-0.05, 0) is 61.8 Å². The number of aromatic nitrogens is 2. The summed E-state index contributed by atoms with van der Waals surface area (Å²) < 4.78 is 52.8. The first kappa shape index (κ1) is 30.5. The minimum atomic E-state index is -0.907. The quantitative estimate of drug-likeness (QED) is 0.217. The third-order valence-electron chi connectivity index (χ3n) is 10.2. The molecule has 3 aliphatic rings. The maximum Gasteiger partial charge on any atom is 0.317 e. The number of ether oxygens (including phenoxy) is 1. The average molecular weight is 654 g/mol. The largest absolute Gasteiger partial charge is 0.461 e. The summed E-state index contributed by atoms with van der Waals surface area (Å²) in [6.45, 7) is 5.91. The lowest BCUT2D eigenvalue weighted by Crippen LogP contribution is -2.43. The molecule has 2 N–H and O–H groups in total. The number of alkyl halides is 1. The lowest BCUT2D eigenvalue weighted by atomic mass is 9.87. The molecule has 2 aromatic heterocycles. The highest BCUT2D eigenvalue weighted by Gasteiger charge is 2.49. The summed E-state index contributed by atoms with van der Waals surface area (Å²) in [5, 5.41) is 10.8. The van der Waals surface area contributed by atoms with Crippen molar-refractivity contribution in [3.8, 4) is 23.2 Å². The van der Waals surface area contributed by atoms with Gasteiger partial charge in [-0.2, -0.15) is 15.2 Å². The topological polar surface area (TPSA) is 88.1 Å². The van der Waals surface area contributed by atoms with Crippen molar-refractivity contribution in [2.45, 2.75) is 76.4 Å². The molecular formula is C34H35ClF3N5OS. The van der Waals surface area contributed by atoms with Crippen molar-refractivity contribution in [1.29, 1.82) is 5.26 Å². The molecule has 0 radical (unpaired) electrons. The van der Waals surface area contributed by atoms with Gasteiger partial charge in [0.25, 0.3) is 0 Å². The number of halogens is 4. The molecule has 5 atom stereocenters. The number of thiophene rings is 1. The summed E-state index contributed by atoms with van der Waals surface area (Å²) in [6.07, 6.45) is 5.27. The van der Waals surface area contributed by atoms with Gasteiger partial charge in [0, 0.05) is 35.2 Å². The highest BCUT2D eigenvalue weighted by Crippen LogP contribution is 2.47. The molecule has 45 heavy (non-hydrogen) atoms. The Morgan fingerprint density at radius 1 is 1.20 bits per heavy atom. The lowest BCUT2D eigenvalue weighted by Gasteiger charge is -2.31. The highest BCUT2D eigenvalue weighted by molar-refractivity contribution is 7.23. The van der Waals surface area contributed by atoms with Crippen molar-refractivity contribution < 1.29 is 17.9 Å². The van der Waals surface area contributed by atoms with Gasteiger partial charge < -0.3 is 10.5 Å². The van der Waals surface area contributed by atoms with Crippen molar-refractivity contribution in [3.63, 3.8) is 0 Å². The third-order valence-corrected chi connectivity index (χ3v) is 11.6. The van der Waals surface area contributed by atoms with Gasteiger partial charge in [0.1, 0.15) is 35.2 Å². The van der Waals surface area contributed by atoms with Crippen molar-refractivity contribution >= 4 is 48.9 Å². The van der Waals surface area contributed by atoms with Gasteiger partial charge in [-0.1, -0.05) is 44.4 Å². The number of nitrogens with two attached hydrogens (primary N) is 1. The second-order valence-electron chi connectivity index (χ2n) is 13.4. The Morgan fingerprint density at radius 2 is 1.96 bits per heavy atom. The smallest absolute Gasteiger partial charge is 0.317 e. The van der Waals surface area contributed by atoms with E-state index < -0.39 is 23.3 Å². The number of hydrogen-bond donors (Lipinski definition) is 1. The maximum absolute atomic E-state index is 17.0. The molecule has 1 unspecified atom stereocenters. The minimum absolute atomic E-state index is 0.0123. The second kappa shape index (κ2) is 11.6. The van der Waals surface area contributed by atoms with E-state index in [0.717, 1.165) is 56.4 Å². The first-order valence-corrected chi connectivity index (χ1v) is 16.9. The molecule has 2 aromatic carbocycles. The summed E-state index contributed by atoms with van der Waals surface area (Å²) >= 11 is 7.82. The first-order chi connectivity index (χ1) is 21.6. The zero-order chi connectivity index (χ0) is 31.6. The van der Waals surface area contributed by atoms with E-state index in [4.69, 9.17) is 27.1 Å². The van der Waals surface area contributed by atoms with Crippen molar-refractivity contribution in [1.82, 2.24) is 14.9 Å². The Morgan fingerprint density at radius 3 is 2.69 bits per heavy atom. The maximum atomic E-state index is 17.0. The lowest BCUT2D eigenvalue weighted by molar-refractivity contribution is 0.107. The van der Waals surface area contributed by atoms with Crippen LogP contribution < -0.4 is 10.5 Å². The van der Waals surface area contributed by atoms with E-state index in [-0.39, 0.29) is 60.9 Å². The number of fused-ring (bicyclic) bond motifs is 3. The van der Waals surface area contributed by atoms with Gasteiger partial charge in [-0.3, -0.25) is 4.90 Å². The van der Waals surface area contributed by atoms with Crippen LogP contribution in [0.5, 0.6) is 6.01 Å². The Kier molecular flexibility index (Phi) is 7.86. The van der Waals surface area contributed by atoms with E-state index in [0.29, 0.717) is 35.9 Å². The molecule has 2 aliphatic heterocycles. The average Bonchev–Trinajstić information content (AvgIpc) is 3.60. The van der Waals surface area contributed by atoms with Crippen LogP contribution in [0.4, 0.5) is 18.2 Å². The number of rotatable bonds is 5. The van der Waals surface area contributed by atoms with E-state index >= 15 is 4.39 Å². The monoisotopic (exact) mass is 653 g/mol. The fourth-order valence-electron chi connectivity index (χ4n) is 8.07. The molecule has 0 amide bonds. The number of nitriles is 1. The fourth-order valence-corrected chi connectivity index (χ4v) is 9.31. The fraction of sp³-hybridized carbons (Fsp3) is 0.500. The number of benzene rings is 2. The van der Waals surface area contributed by atoms with Gasteiger partial charge in [0.05, 0.1) is 26.5 Å². The van der Waals surface area contributed by atoms with Crippen LogP contribution in [0.3, 0.4) is 0 Å². The third kappa shape index (κ3) is 5.21. The molecule has 7 rings (SSSR count). The highest BCUT2D eigenvalue weighted by atomic mass is 35.5. The zero-order valence-electron chi connectivity index (χ0n) is 25.3. The molecular weight excluding hydrogens is 619 g/mol. The molecule has 1 aliphatic carbocycles. The van der Waals surface area contributed by atoms with Crippen LogP contribution in [0.2, 0.25) is 5.02 Å². The summed E-state index contributed by atoms with van der Waals surface area (Å²) in [5.74, 6) is -0.299. The van der Waals surface area contributed by atoms with Crippen molar-refractivity contribution in [3.05, 3.63) is 46.1 Å². The van der Waals surface area contributed by atoms with Gasteiger partial charge in [-0.15, -0.1) is 11.3 Å². The minimum Gasteiger partial charge on any atom is -0.461 e. The molecule has 0 spiro atoms. The molecule has 0 bridgehead atoms. The van der Waals surface area contributed by atoms with Crippen LogP contribution in [-0.4, -0.2) is 46.3 Å². The summed E-state index contributed by atoms with van der Waals surface area (Å²) in [4.78, 5) is 11.7. The van der Waals surface area contributed by atoms with Gasteiger partial charge in [0.2, 0.25) is 0 Å². The van der Waals surface area contributed by atoms with Crippen molar-refractivity contribution in [2.75, 3.05) is 25.4 Å². The van der Waals surface area contributed by atoms with Crippen LogP contribution >= 0.6 is 22.9 Å². The standard InChI is InChI=1S/C34H35ClF3N5OS/c1-17-4-5-18(2)11-19(10-17)29-22-12-24(35)27(21-6-7-25(37)31-26(21)23(14-39)32(40)45-31)28(38)30(22)42-33(41-29)44-16-34-8-3-9-43(34)15-20(36)13-34/h6-7,12,17-20H,3-5,8-11,13,15-16,40H2,1-2H3/t17-,18+,19?,20-,34+/m1/s1. The normalized spacial score (nSPS) is 27.1. The number of anilines is 1. The van der Waals surface area contributed by atoms with E-state index in [1.807, 2.05) is 6.07 Å². The predicted octanol–water partition coefficient (Wildman–Crippen LogP) is 8.78. The molecule has 6 nitrogen and oxygen atoms in total.